The molecule has 0 amide bonds. The first kappa shape index (κ1) is 58.9. The predicted octanol–water partition coefficient (Wildman–Crippen LogP) is 17.0. The van der Waals surface area contributed by atoms with Gasteiger partial charge in [-0.25, -0.2) is 0 Å². The van der Waals surface area contributed by atoms with Gasteiger partial charge in [-0.05, 0) is 89.9 Å². The van der Waals surface area contributed by atoms with Gasteiger partial charge in [-0.15, -0.1) is 0 Å². The van der Waals surface area contributed by atoms with Crippen LogP contribution in [0.1, 0.15) is 245 Å². The summed E-state index contributed by atoms with van der Waals surface area (Å²) >= 11 is 0. The Hall–Kier alpha value is -3.15. The minimum atomic E-state index is -0.800. The van der Waals surface area contributed by atoms with Crippen molar-refractivity contribution < 1.29 is 28.6 Å². The lowest BCUT2D eigenvalue weighted by atomic mass is 10.0. The largest absolute Gasteiger partial charge is 0.462 e. The molecule has 62 heavy (non-hydrogen) atoms. The fourth-order valence-electron chi connectivity index (χ4n) is 7.05. The summed E-state index contributed by atoms with van der Waals surface area (Å²) < 4.78 is 16.8. The SMILES string of the molecule is CC/C=C\C/C=C\C/C=C\CCCCCCCC(=O)OC[C@@H](COC(=O)CCCCCCCCCCCCCCCC)OC(=O)CCCC/C=C\C/C=C\C/C=C\CCCCC. The summed E-state index contributed by atoms with van der Waals surface area (Å²) in [5.41, 5.74) is 0. The van der Waals surface area contributed by atoms with Crippen molar-refractivity contribution >= 4 is 17.9 Å². The Morgan fingerprint density at radius 2 is 0.629 bits per heavy atom. The van der Waals surface area contributed by atoms with Gasteiger partial charge in [0.2, 0.25) is 0 Å². The van der Waals surface area contributed by atoms with Crippen molar-refractivity contribution in [2.24, 2.45) is 0 Å². The van der Waals surface area contributed by atoms with E-state index in [4.69, 9.17) is 14.2 Å². The van der Waals surface area contributed by atoms with E-state index in [9.17, 15) is 14.4 Å². The van der Waals surface area contributed by atoms with E-state index < -0.39 is 6.10 Å². The van der Waals surface area contributed by atoms with Gasteiger partial charge in [-0.1, -0.05) is 209 Å². The Bertz CT molecular complexity index is 1180. The number of allylic oxidation sites excluding steroid dienone is 12. The molecule has 0 aromatic carbocycles. The Morgan fingerprint density at radius 3 is 1.05 bits per heavy atom. The maximum Gasteiger partial charge on any atom is 0.306 e. The molecular weight excluding hydrogens is 769 g/mol. The van der Waals surface area contributed by atoms with Crippen molar-refractivity contribution in [3.8, 4) is 0 Å². The minimum absolute atomic E-state index is 0.0948. The molecule has 1 atom stereocenters. The first-order chi connectivity index (χ1) is 30.5. The Balaban J connectivity index is 4.47. The molecular formula is C56H96O6. The van der Waals surface area contributed by atoms with Crippen molar-refractivity contribution in [1.29, 1.82) is 0 Å². The second-order valence-corrected chi connectivity index (χ2v) is 17.1. The van der Waals surface area contributed by atoms with Gasteiger partial charge in [0.25, 0.3) is 0 Å². The van der Waals surface area contributed by atoms with Crippen LogP contribution in [-0.2, 0) is 28.6 Å². The molecule has 0 fully saturated rings. The molecule has 356 valence electrons. The van der Waals surface area contributed by atoms with Crippen molar-refractivity contribution in [2.75, 3.05) is 13.2 Å². The number of unbranched alkanes of at least 4 members (excludes halogenated alkanes) is 23. The predicted molar refractivity (Wildman–Crippen MR) is 265 cm³/mol. The summed E-state index contributed by atoms with van der Waals surface area (Å²) in [4.78, 5) is 38.0. The zero-order valence-corrected chi connectivity index (χ0v) is 40.6. The van der Waals surface area contributed by atoms with Crippen LogP contribution in [0.4, 0.5) is 0 Å². The maximum atomic E-state index is 12.8. The molecule has 0 N–H and O–H groups in total. The fraction of sp³-hybridized carbons (Fsp3) is 0.732. The summed E-state index contributed by atoms with van der Waals surface area (Å²) in [5.74, 6) is -0.948. The lowest BCUT2D eigenvalue weighted by Crippen LogP contribution is -2.30. The van der Waals surface area contributed by atoms with Gasteiger partial charge in [-0.2, -0.15) is 0 Å². The number of esters is 3. The van der Waals surface area contributed by atoms with Crippen LogP contribution in [0.5, 0.6) is 0 Å². The highest BCUT2D eigenvalue weighted by molar-refractivity contribution is 5.71. The van der Waals surface area contributed by atoms with Crippen LogP contribution in [0.3, 0.4) is 0 Å². The lowest BCUT2D eigenvalue weighted by Gasteiger charge is -2.18. The number of rotatable bonds is 46. The number of hydrogen-bond acceptors (Lipinski definition) is 6. The topological polar surface area (TPSA) is 78.9 Å². The van der Waals surface area contributed by atoms with Crippen LogP contribution < -0.4 is 0 Å². The van der Waals surface area contributed by atoms with E-state index in [0.29, 0.717) is 19.3 Å². The number of hydrogen-bond donors (Lipinski definition) is 0. The van der Waals surface area contributed by atoms with Gasteiger partial charge in [0.15, 0.2) is 6.10 Å². The van der Waals surface area contributed by atoms with Crippen LogP contribution in [-0.4, -0.2) is 37.2 Å². The van der Waals surface area contributed by atoms with E-state index in [1.807, 2.05) is 0 Å². The number of carbonyl (C=O) groups is 3. The van der Waals surface area contributed by atoms with E-state index in [0.717, 1.165) is 103 Å². The minimum Gasteiger partial charge on any atom is -0.462 e. The van der Waals surface area contributed by atoms with Crippen LogP contribution in [0.25, 0.3) is 0 Å². The van der Waals surface area contributed by atoms with Gasteiger partial charge in [0.1, 0.15) is 13.2 Å². The second-order valence-electron chi connectivity index (χ2n) is 17.1. The molecule has 6 nitrogen and oxygen atoms in total. The fourth-order valence-corrected chi connectivity index (χ4v) is 7.05. The third-order valence-corrected chi connectivity index (χ3v) is 10.9. The van der Waals surface area contributed by atoms with Crippen LogP contribution in [0.2, 0.25) is 0 Å². The quantitative estimate of drug-likeness (QED) is 0.0262. The molecule has 0 bridgehead atoms. The normalized spacial score (nSPS) is 12.6. The van der Waals surface area contributed by atoms with Gasteiger partial charge in [0.05, 0.1) is 0 Å². The number of carbonyl (C=O) groups excluding carboxylic acids is 3. The van der Waals surface area contributed by atoms with Gasteiger partial charge < -0.3 is 14.2 Å². The molecule has 6 heteroatoms. The van der Waals surface area contributed by atoms with Crippen molar-refractivity contribution in [1.82, 2.24) is 0 Å². The Morgan fingerprint density at radius 1 is 0.339 bits per heavy atom. The van der Waals surface area contributed by atoms with Crippen LogP contribution >= 0.6 is 0 Å². The molecule has 0 radical (unpaired) electrons. The molecule has 0 aliphatic rings. The highest BCUT2D eigenvalue weighted by atomic mass is 16.6. The second kappa shape index (κ2) is 50.5. The number of ether oxygens (including phenoxy) is 3. The first-order valence-electron chi connectivity index (χ1n) is 25.9. The lowest BCUT2D eigenvalue weighted by molar-refractivity contribution is -0.167. The highest BCUT2D eigenvalue weighted by Crippen LogP contribution is 2.15. The molecule has 0 saturated carbocycles. The van der Waals surface area contributed by atoms with Gasteiger partial charge >= 0.3 is 17.9 Å². The maximum absolute atomic E-state index is 12.8. The van der Waals surface area contributed by atoms with Crippen LogP contribution in [0.15, 0.2) is 72.9 Å². The third kappa shape index (κ3) is 47.9. The van der Waals surface area contributed by atoms with E-state index in [1.165, 1.54) is 96.3 Å². The zero-order valence-electron chi connectivity index (χ0n) is 40.6. The molecule has 0 aromatic rings. The smallest absolute Gasteiger partial charge is 0.306 e. The molecule has 0 saturated heterocycles. The zero-order chi connectivity index (χ0) is 45.1. The Labute approximate surface area is 382 Å². The van der Waals surface area contributed by atoms with E-state index in [-0.39, 0.29) is 37.5 Å². The van der Waals surface area contributed by atoms with E-state index >= 15 is 0 Å². The molecule has 0 aromatic heterocycles. The third-order valence-electron chi connectivity index (χ3n) is 10.9. The highest BCUT2D eigenvalue weighted by Gasteiger charge is 2.19. The molecule has 0 heterocycles. The summed E-state index contributed by atoms with van der Waals surface area (Å²) in [6, 6.07) is 0. The standard InChI is InChI=1S/C56H96O6/c1-4-7-10-13-16-19-22-25-28-31-34-37-40-43-46-49-55(58)61-52-53(51-60-54(57)48-45-42-39-36-33-30-27-24-21-18-15-12-9-6-3)62-56(59)50-47-44-41-38-35-32-29-26-23-20-17-14-11-8-5-2/h7,10,16-17,19-20,25-26,28-29,35,38,53H,4-6,8-9,11-15,18,21-24,27,30-34,36-37,39-52H2,1-3H3/b10-7-,19-16-,20-17-,28-25-,29-26-,38-35-/t53-/m1/s1. The summed E-state index contributed by atoms with van der Waals surface area (Å²) in [6.07, 6.45) is 63.1. The van der Waals surface area contributed by atoms with E-state index in [2.05, 4.69) is 93.7 Å². The van der Waals surface area contributed by atoms with Crippen LogP contribution in [0, 0.1) is 0 Å². The molecule has 0 unspecified atom stereocenters. The summed E-state index contributed by atoms with van der Waals surface area (Å²) in [5, 5.41) is 0. The van der Waals surface area contributed by atoms with Crippen molar-refractivity contribution in [3.05, 3.63) is 72.9 Å². The average molecular weight is 865 g/mol. The first-order valence-corrected chi connectivity index (χ1v) is 25.9. The summed E-state index contributed by atoms with van der Waals surface area (Å²) in [7, 11) is 0. The monoisotopic (exact) mass is 865 g/mol. The molecule has 0 spiro atoms. The van der Waals surface area contributed by atoms with Crippen molar-refractivity contribution in [3.63, 3.8) is 0 Å². The summed E-state index contributed by atoms with van der Waals surface area (Å²) in [6.45, 7) is 6.45. The van der Waals surface area contributed by atoms with Crippen molar-refractivity contribution in [2.45, 2.75) is 252 Å². The average Bonchev–Trinajstić information content (AvgIpc) is 3.27. The molecule has 0 aliphatic carbocycles. The Kier molecular flexibility index (Phi) is 47.9. The van der Waals surface area contributed by atoms with E-state index in [1.54, 1.807) is 0 Å². The van der Waals surface area contributed by atoms with Gasteiger partial charge in [0, 0.05) is 19.3 Å². The molecule has 0 aliphatic heterocycles. The molecule has 0 rings (SSSR count). The van der Waals surface area contributed by atoms with Gasteiger partial charge in [-0.3, -0.25) is 14.4 Å².